The lowest BCUT2D eigenvalue weighted by Crippen LogP contribution is -2.15. The molecule has 6 aromatic carbocycles. The maximum absolute atomic E-state index is 7.06. The van der Waals surface area contributed by atoms with Crippen LogP contribution in [-0.4, -0.2) is 14.2 Å². The lowest BCUT2D eigenvalue weighted by molar-refractivity contribution is 0.409. The number of rotatable bonds is 7. The van der Waals surface area contributed by atoms with Crippen molar-refractivity contribution in [1.29, 1.82) is 0 Å². The maximum atomic E-state index is 7.06. The molecule has 0 unspecified atom stereocenters. The van der Waals surface area contributed by atoms with E-state index >= 15 is 0 Å². The normalized spacial score (nSPS) is 11.9. The van der Waals surface area contributed by atoms with E-state index in [1.807, 2.05) is 121 Å². The molecule has 8 aromatic rings. The van der Waals surface area contributed by atoms with Crippen LogP contribution in [0.25, 0.3) is 55.0 Å². The van der Waals surface area contributed by atoms with Crippen molar-refractivity contribution in [3.05, 3.63) is 132 Å². The molecule has 8 nitrogen and oxygen atoms in total. The molecule has 0 N–H and O–H groups in total. The van der Waals surface area contributed by atoms with E-state index in [1.165, 1.54) is 0 Å². The van der Waals surface area contributed by atoms with Crippen molar-refractivity contribution in [3.63, 3.8) is 0 Å². The standard InChI is InChI=1S/C46H44O8P2/c1-45(2,3)37-27-29(47-7)25-35(43(37)53-55-49-39-21-13-9-17-31(39)32-18-10-14-22-40(32)50-55)36-26-30(48-8)28-38(46(4,5)6)44(36)54-56-51-41-23-15-11-19-33(41)34-20-12-16-24-42(34)52-56/h9-28H,1-8H3. The van der Waals surface area contributed by atoms with Gasteiger partial charge in [0.1, 0.15) is 45.3 Å². The highest BCUT2D eigenvalue weighted by Gasteiger charge is 2.31. The van der Waals surface area contributed by atoms with Crippen LogP contribution < -0.4 is 18.5 Å². The zero-order chi connectivity index (χ0) is 39.2. The van der Waals surface area contributed by atoms with Gasteiger partial charge < -0.3 is 35.3 Å². The van der Waals surface area contributed by atoms with E-state index in [9.17, 15) is 0 Å². The molecule has 0 aliphatic rings. The van der Waals surface area contributed by atoms with Crippen LogP contribution in [0.2, 0.25) is 0 Å². The first-order chi connectivity index (χ1) is 26.9. The molecule has 286 valence electrons. The average Bonchev–Trinajstić information content (AvgIpc) is 3.44. The molecule has 0 aliphatic heterocycles. The molecule has 0 atom stereocenters. The summed E-state index contributed by atoms with van der Waals surface area (Å²) in [6, 6.07) is 39.6. The van der Waals surface area contributed by atoms with E-state index in [1.54, 1.807) is 14.2 Å². The first-order valence-electron chi connectivity index (χ1n) is 18.4. The van der Waals surface area contributed by atoms with Crippen LogP contribution in [0.4, 0.5) is 0 Å². The lowest BCUT2D eigenvalue weighted by atomic mass is 9.81. The molecule has 2 heterocycles. The van der Waals surface area contributed by atoms with Crippen LogP contribution in [0, 0.1) is 0 Å². The minimum Gasteiger partial charge on any atom is -0.497 e. The molecule has 2 aromatic heterocycles. The first kappa shape index (κ1) is 37.3. The maximum Gasteiger partial charge on any atom is 0.453 e. The SMILES string of the molecule is COc1cc(-c2cc(OC)cc(C(C)(C)C)c2Op2oc3ccccc3c3ccccc3o2)c(Op2oc3ccccc3c3ccccc3o2)c(C(C)(C)C)c1. The molecule has 0 spiro atoms. The molecule has 0 aliphatic carbocycles. The number of hydrogen-bond acceptors (Lipinski definition) is 8. The molecule has 0 saturated carbocycles. The summed E-state index contributed by atoms with van der Waals surface area (Å²) in [5, 5.41) is 3.70. The third-order valence-corrected chi connectivity index (χ3v) is 11.7. The summed E-state index contributed by atoms with van der Waals surface area (Å²) in [6.45, 7) is 12.8. The topological polar surface area (TPSA) is 89.5 Å². The van der Waals surface area contributed by atoms with Crippen LogP contribution in [0.1, 0.15) is 52.7 Å². The number of para-hydroxylation sites is 4. The Balaban J connectivity index is 1.44. The summed E-state index contributed by atoms with van der Waals surface area (Å²) in [6.07, 6.45) is 0. The highest BCUT2D eigenvalue weighted by Crippen LogP contribution is 2.53. The van der Waals surface area contributed by atoms with E-state index in [0.29, 0.717) is 56.5 Å². The van der Waals surface area contributed by atoms with E-state index in [0.717, 1.165) is 32.7 Å². The third-order valence-electron chi connectivity index (χ3n) is 9.65. The van der Waals surface area contributed by atoms with Gasteiger partial charge in [-0.1, -0.05) is 114 Å². The van der Waals surface area contributed by atoms with Crippen LogP contribution in [0.3, 0.4) is 0 Å². The second kappa shape index (κ2) is 14.8. The highest BCUT2D eigenvalue weighted by atomic mass is 31.1. The molecule has 56 heavy (non-hydrogen) atoms. The minimum absolute atomic E-state index is 0.409. The largest absolute Gasteiger partial charge is 0.497 e. The number of ether oxygens (including phenoxy) is 2. The van der Waals surface area contributed by atoms with Crippen molar-refractivity contribution in [2.24, 2.45) is 0 Å². The Kier molecular flexibility index (Phi) is 9.82. The number of benzene rings is 6. The number of hydrogen-bond donors (Lipinski definition) is 0. The van der Waals surface area contributed by atoms with E-state index in [4.69, 9.17) is 35.3 Å². The predicted molar refractivity (Wildman–Crippen MR) is 227 cm³/mol. The van der Waals surface area contributed by atoms with Crippen molar-refractivity contribution in [2.75, 3.05) is 14.2 Å². The Morgan fingerprint density at radius 2 is 0.696 bits per heavy atom. The third kappa shape index (κ3) is 7.23. The van der Waals surface area contributed by atoms with Crippen LogP contribution in [0.15, 0.2) is 138 Å². The number of fused-ring (bicyclic) bond motifs is 6. The molecular formula is C46H44O8P2. The van der Waals surface area contributed by atoms with Gasteiger partial charge >= 0.3 is 16.5 Å². The minimum atomic E-state index is -2.02. The Bertz CT molecular complexity index is 2510. The van der Waals surface area contributed by atoms with Gasteiger partial charge in [-0.05, 0) is 59.4 Å². The summed E-state index contributed by atoms with van der Waals surface area (Å²) in [7, 11) is -0.712. The Labute approximate surface area is 327 Å². The monoisotopic (exact) mass is 786 g/mol. The zero-order valence-electron chi connectivity index (χ0n) is 32.7. The Morgan fingerprint density at radius 3 is 0.964 bits per heavy atom. The second-order valence-electron chi connectivity index (χ2n) is 15.6. The Morgan fingerprint density at radius 1 is 0.411 bits per heavy atom. The molecule has 10 heteroatoms. The molecule has 0 fully saturated rings. The number of methoxy groups -OCH3 is 2. The van der Waals surface area contributed by atoms with Gasteiger partial charge in [-0.2, -0.15) is 0 Å². The Hall–Kier alpha value is -5.68. The average molecular weight is 787 g/mol. The van der Waals surface area contributed by atoms with Crippen molar-refractivity contribution in [2.45, 2.75) is 52.4 Å². The quantitative estimate of drug-likeness (QED) is 0.158. The summed E-state index contributed by atoms with van der Waals surface area (Å²) in [4.78, 5) is 0. The zero-order valence-corrected chi connectivity index (χ0v) is 34.5. The smallest absolute Gasteiger partial charge is 0.453 e. The van der Waals surface area contributed by atoms with Crippen LogP contribution >= 0.6 is 16.5 Å². The van der Waals surface area contributed by atoms with Gasteiger partial charge in [0.05, 0.1) is 14.2 Å². The van der Waals surface area contributed by atoms with Crippen molar-refractivity contribution >= 4 is 60.4 Å². The van der Waals surface area contributed by atoms with E-state index in [2.05, 4.69) is 41.5 Å². The summed E-state index contributed by atoms with van der Waals surface area (Å²) >= 11 is 0. The van der Waals surface area contributed by atoms with Gasteiger partial charge in [0, 0.05) is 43.8 Å². The molecular weight excluding hydrogens is 742 g/mol. The van der Waals surface area contributed by atoms with Gasteiger partial charge in [-0.3, -0.25) is 0 Å². The van der Waals surface area contributed by atoms with Crippen molar-refractivity contribution in [1.82, 2.24) is 0 Å². The lowest BCUT2D eigenvalue weighted by Gasteiger charge is -2.28. The fourth-order valence-corrected chi connectivity index (χ4v) is 9.00. The fraction of sp³-hybridized carbons (Fsp3) is 0.217. The van der Waals surface area contributed by atoms with E-state index in [-0.39, 0.29) is 0 Å². The van der Waals surface area contributed by atoms with E-state index < -0.39 is 27.3 Å². The summed E-state index contributed by atoms with van der Waals surface area (Å²) in [5.41, 5.74) is 5.01. The van der Waals surface area contributed by atoms with Gasteiger partial charge in [0.25, 0.3) is 0 Å². The van der Waals surface area contributed by atoms with Crippen molar-refractivity contribution < 1.29 is 35.3 Å². The van der Waals surface area contributed by atoms with Crippen molar-refractivity contribution in [3.8, 4) is 34.1 Å². The molecule has 0 saturated heterocycles. The van der Waals surface area contributed by atoms with Crippen LogP contribution in [0.5, 0.6) is 23.0 Å². The second-order valence-corrected chi connectivity index (χ2v) is 17.6. The predicted octanol–water partition coefficient (Wildman–Crippen LogP) is 14.9. The van der Waals surface area contributed by atoms with Gasteiger partial charge in [-0.25, -0.2) is 0 Å². The molecule has 8 rings (SSSR count). The molecule has 0 radical (unpaired) electrons. The van der Waals surface area contributed by atoms with Crippen LogP contribution in [-0.2, 0) is 10.8 Å². The molecule has 0 amide bonds. The van der Waals surface area contributed by atoms with Gasteiger partial charge in [-0.15, -0.1) is 0 Å². The van der Waals surface area contributed by atoms with Gasteiger partial charge in [0.2, 0.25) is 0 Å². The summed E-state index contributed by atoms with van der Waals surface area (Å²) < 4.78 is 52.5. The highest BCUT2D eigenvalue weighted by molar-refractivity contribution is 7.32. The first-order valence-corrected chi connectivity index (χ1v) is 20.6. The van der Waals surface area contributed by atoms with Gasteiger partial charge in [0.15, 0.2) is 0 Å². The summed E-state index contributed by atoms with van der Waals surface area (Å²) in [5.74, 6) is 2.41. The molecule has 0 bridgehead atoms. The fourth-order valence-electron chi connectivity index (χ4n) is 6.81.